The van der Waals surface area contributed by atoms with Crippen LogP contribution in [0.15, 0.2) is 41.5 Å². The summed E-state index contributed by atoms with van der Waals surface area (Å²) >= 11 is 5.79. The number of para-hydroxylation sites is 1. The standard InChI is InChI=1S/C11H10ClN3O/c12-7-8-3-1-2-4-9(8)15-10-11(16)14-6-5-13-10/h1-6H,7H2,(H,13,15)(H,14,16). The molecular formula is C11H10ClN3O. The van der Waals surface area contributed by atoms with Crippen molar-refractivity contribution in [2.75, 3.05) is 5.32 Å². The Morgan fingerprint density at radius 2 is 2.19 bits per heavy atom. The minimum Gasteiger partial charge on any atom is -0.335 e. The van der Waals surface area contributed by atoms with Crippen LogP contribution in [0.25, 0.3) is 0 Å². The number of hydrogen-bond donors (Lipinski definition) is 2. The number of H-pyrrole nitrogens is 1. The van der Waals surface area contributed by atoms with E-state index in [0.29, 0.717) is 5.88 Å². The Morgan fingerprint density at radius 3 is 2.94 bits per heavy atom. The Balaban J connectivity index is 2.34. The van der Waals surface area contributed by atoms with Gasteiger partial charge in [0.05, 0.1) is 0 Å². The normalized spacial score (nSPS) is 10.1. The van der Waals surface area contributed by atoms with Gasteiger partial charge in [-0.2, -0.15) is 0 Å². The van der Waals surface area contributed by atoms with Crippen molar-refractivity contribution in [1.29, 1.82) is 0 Å². The van der Waals surface area contributed by atoms with Crippen LogP contribution in [0.3, 0.4) is 0 Å². The molecule has 16 heavy (non-hydrogen) atoms. The highest BCUT2D eigenvalue weighted by atomic mass is 35.5. The van der Waals surface area contributed by atoms with Gasteiger partial charge >= 0.3 is 0 Å². The molecule has 82 valence electrons. The van der Waals surface area contributed by atoms with Crippen LogP contribution < -0.4 is 10.9 Å². The van der Waals surface area contributed by atoms with Crippen molar-refractivity contribution in [2.45, 2.75) is 5.88 Å². The third-order valence-corrected chi connectivity index (χ3v) is 2.41. The monoisotopic (exact) mass is 235 g/mol. The molecule has 0 atom stereocenters. The molecule has 5 heteroatoms. The van der Waals surface area contributed by atoms with Crippen LogP contribution in [-0.4, -0.2) is 9.97 Å². The van der Waals surface area contributed by atoms with Crippen LogP contribution in [0.2, 0.25) is 0 Å². The van der Waals surface area contributed by atoms with Crippen molar-refractivity contribution in [3.63, 3.8) is 0 Å². The number of benzene rings is 1. The molecular weight excluding hydrogens is 226 g/mol. The van der Waals surface area contributed by atoms with Gasteiger partial charge in [-0.15, -0.1) is 11.6 Å². The molecule has 0 aliphatic heterocycles. The van der Waals surface area contributed by atoms with Gasteiger partial charge in [0.2, 0.25) is 0 Å². The minimum absolute atomic E-state index is 0.258. The molecule has 4 nitrogen and oxygen atoms in total. The van der Waals surface area contributed by atoms with Gasteiger partial charge in [0, 0.05) is 24.0 Å². The molecule has 0 aliphatic carbocycles. The average molecular weight is 236 g/mol. The summed E-state index contributed by atoms with van der Waals surface area (Å²) in [6.45, 7) is 0. The number of hydrogen-bond acceptors (Lipinski definition) is 3. The summed E-state index contributed by atoms with van der Waals surface area (Å²) in [7, 11) is 0. The van der Waals surface area contributed by atoms with E-state index in [1.807, 2.05) is 24.3 Å². The first-order valence-electron chi connectivity index (χ1n) is 4.76. The van der Waals surface area contributed by atoms with E-state index in [0.717, 1.165) is 11.3 Å². The summed E-state index contributed by atoms with van der Waals surface area (Å²) in [5.74, 6) is 0.647. The maximum Gasteiger partial charge on any atom is 0.291 e. The van der Waals surface area contributed by atoms with E-state index in [4.69, 9.17) is 11.6 Å². The molecule has 0 radical (unpaired) electrons. The molecule has 0 bridgehead atoms. The van der Waals surface area contributed by atoms with Crippen LogP contribution in [0.1, 0.15) is 5.56 Å². The fraction of sp³-hybridized carbons (Fsp3) is 0.0909. The van der Waals surface area contributed by atoms with Gasteiger partial charge in [0.25, 0.3) is 5.56 Å². The first-order valence-corrected chi connectivity index (χ1v) is 5.29. The maximum absolute atomic E-state index is 11.4. The van der Waals surface area contributed by atoms with Crippen LogP contribution in [-0.2, 0) is 5.88 Å². The molecule has 0 aliphatic rings. The van der Waals surface area contributed by atoms with E-state index in [9.17, 15) is 4.79 Å². The number of rotatable bonds is 3. The summed E-state index contributed by atoms with van der Waals surface area (Å²) in [4.78, 5) is 17.9. The highest BCUT2D eigenvalue weighted by molar-refractivity contribution is 6.17. The topological polar surface area (TPSA) is 57.8 Å². The molecule has 1 aromatic heterocycles. The van der Waals surface area contributed by atoms with Crippen molar-refractivity contribution >= 4 is 23.1 Å². The summed E-state index contributed by atoms with van der Waals surface area (Å²) in [5.41, 5.74) is 1.46. The highest BCUT2D eigenvalue weighted by Gasteiger charge is 2.03. The molecule has 2 N–H and O–H groups in total. The van der Waals surface area contributed by atoms with Crippen molar-refractivity contribution in [3.8, 4) is 0 Å². The van der Waals surface area contributed by atoms with Gasteiger partial charge in [0.1, 0.15) is 0 Å². The van der Waals surface area contributed by atoms with Gasteiger partial charge in [0.15, 0.2) is 5.82 Å². The molecule has 1 aromatic carbocycles. The second-order valence-corrected chi connectivity index (χ2v) is 3.45. The summed E-state index contributed by atoms with van der Waals surface area (Å²) in [5, 5.41) is 2.95. The first kappa shape index (κ1) is 10.7. The molecule has 0 fully saturated rings. The lowest BCUT2D eigenvalue weighted by molar-refractivity contribution is 1.14. The fourth-order valence-electron chi connectivity index (χ4n) is 1.33. The van der Waals surface area contributed by atoms with Gasteiger partial charge in [-0.25, -0.2) is 4.98 Å². The molecule has 0 spiro atoms. The number of aromatic nitrogens is 2. The summed E-state index contributed by atoms with van der Waals surface area (Å²) in [6, 6.07) is 7.51. The largest absolute Gasteiger partial charge is 0.335 e. The quantitative estimate of drug-likeness (QED) is 0.803. The predicted octanol–water partition coefficient (Wildman–Crippen LogP) is 2.25. The van der Waals surface area contributed by atoms with Crippen LogP contribution in [0.5, 0.6) is 0 Å². The van der Waals surface area contributed by atoms with Crippen molar-refractivity contribution in [1.82, 2.24) is 9.97 Å². The zero-order chi connectivity index (χ0) is 11.4. The molecule has 0 amide bonds. The minimum atomic E-state index is -0.258. The van der Waals surface area contributed by atoms with Crippen molar-refractivity contribution in [2.24, 2.45) is 0 Å². The lowest BCUT2D eigenvalue weighted by Crippen LogP contribution is -2.12. The van der Waals surface area contributed by atoms with E-state index in [1.54, 1.807) is 0 Å². The number of anilines is 2. The van der Waals surface area contributed by atoms with Crippen LogP contribution in [0.4, 0.5) is 11.5 Å². The number of alkyl halides is 1. The van der Waals surface area contributed by atoms with E-state index in [1.165, 1.54) is 12.4 Å². The van der Waals surface area contributed by atoms with E-state index in [2.05, 4.69) is 15.3 Å². The third-order valence-electron chi connectivity index (χ3n) is 2.12. The number of nitrogens with zero attached hydrogens (tertiary/aromatic N) is 1. The Kier molecular flexibility index (Phi) is 3.22. The van der Waals surface area contributed by atoms with Crippen LogP contribution >= 0.6 is 11.6 Å². The number of nitrogens with one attached hydrogen (secondary N) is 2. The van der Waals surface area contributed by atoms with Gasteiger partial charge in [-0.1, -0.05) is 18.2 Å². The molecule has 1 heterocycles. The van der Waals surface area contributed by atoms with E-state index in [-0.39, 0.29) is 11.4 Å². The van der Waals surface area contributed by atoms with E-state index < -0.39 is 0 Å². The summed E-state index contributed by atoms with van der Waals surface area (Å²) in [6.07, 6.45) is 3.01. The van der Waals surface area contributed by atoms with Gasteiger partial charge in [-0.05, 0) is 11.6 Å². The second kappa shape index (κ2) is 4.81. The Morgan fingerprint density at radius 1 is 1.38 bits per heavy atom. The maximum atomic E-state index is 11.4. The zero-order valence-corrected chi connectivity index (χ0v) is 9.16. The smallest absolute Gasteiger partial charge is 0.291 e. The Labute approximate surface area is 97.3 Å². The fourth-order valence-corrected chi connectivity index (χ4v) is 1.56. The van der Waals surface area contributed by atoms with Crippen molar-refractivity contribution in [3.05, 3.63) is 52.6 Å². The SMILES string of the molecule is O=c1[nH]ccnc1Nc1ccccc1CCl. The van der Waals surface area contributed by atoms with E-state index >= 15 is 0 Å². The van der Waals surface area contributed by atoms with Gasteiger partial charge in [-0.3, -0.25) is 4.79 Å². The van der Waals surface area contributed by atoms with Gasteiger partial charge < -0.3 is 10.3 Å². The molecule has 0 saturated heterocycles. The Hall–Kier alpha value is -1.81. The average Bonchev–Trinajstić information content (AvgIpc) is 2.33. The molecule has 2 aromatic rings. The number of aromatic amines is 1. The second-order valence-electron chi connectivity index (χ2n) is 3.18. The lowest BCUT2D eigenvalue weighted by Gasteiger charge is -2.08. The Bertz CT molecular complexity index is 539. The molecule has 0 saturated carbocycles. The zero-order valence-electron chi connectivity index (χ0n) is 8.40. The third kappa shape index (κ3) is 2.23. The summed E-state index contributed by atoms with van der Waals surface area (Å²) < 4.78 is 0. The first-order chi connectivity index (χ1) is 7.81. The van der Waals surface area contributed by atoms with Crippen LogP contribution in [0, 0.1) is 0 Å². The predicted molar refractivity (Wildman–Crippen MR) is 64.1 cm³/mol. The molecule has 2 rings (SSSR count). The van der Waals surface area contributed by atoms with Crippen molar-refractivity contribution < 1.29 is 0 Å². The number of halogens is 1. The lowest BCUT2D eigenvalue weighted by atomic mass is 10.2. The molecule has 0 unspecified atom stereocenters. The highest BCUT2D eigenvalue weighted by Crippen LogP contribution is 2.19.